The molecule has 0 aliphatic carbocycles. The van der Waals surface area contributed by atoms with Crippen molar-refractivity contribution in [2.75, 3.05) is 21.1 Å². The number of sulfonamides is 1. The summed E-state index contributed by atoms with van der Waals surface area (Å²) < 4.78 is 67.4. The minimum Gasteiger partial charge on any atom is -0.366 e. The number of benzene rings is 2. The molecule has 1 heterocycles. The number of nitrogens with zero attached hydrogens (tertiary/aromatic N) is 2. The number of primary amides is 1. The van der Waals surface area contributed by atoms with E-state index < -0.39 is 33.5 Å². The first-order valence-corrected chi connectivity index (χ1v) is 12.0. The van der Waals surface area contributed by atoms with Crippen LogP contribution in [-0.4, -0.2) is 30.0 Å². The Hall–Kier alpha value is -3.87. The quantitative estimate of drug-likeness (QED) is 0.342. The summed E-state index contributed by atoms with van der Waals surface area (Å²) in [6.07, 6.45) is -4.09. The standard InChI is InChI=1S/C22H23F3N6O3S/c1-3-35(33,34)31-18-13(2)5-4-6-15(18)11-27-20-17(22(23,24)25)12-28-21(30-20)29-16-9-7-14(8-10-16)19(26)32/h4-10,12,31H,3,11H2,1-2H3,(H2,26,32)(H2,27,28,29,30). The van der Waals surface area contributed by atoms with E-state index in [9.17, 15) is 26.4 Å². The Bertz CT molecular complexity index is 1330. The highest BCUT2D eigenvalue weighted by molar-refractivity contribution is 7.92. The lowest BCUT2D eigenvalue weighted by Crippen LogP contribution is -2.18. The minimum atomic E-state index is -4.73. The predicted molar refractivity (Wildman–Crippen MR) is 127 cm³/mol. The van der Waals surface area contributed by atoms with Crippen molar-refractivity contribution in [2.45, 2.75) is 26.6 Å². The first-order valence-electron chi connectivity index (χ1n) is 10.3. The van der Waals surface area contributed by atoms with Gasteiger partial charge in [0.1, 0.15) is 11.4 Å². The maximum Gasteiger partial charge on any atom is 0.421 e. The van der Waals surface area contributed by atoms with Crippen LogP contribution in [0.15, 0.2) is 48.7 Å². The Morgan fingerprint density at radius 3 is 2.40 bits per heavy atom. The van der Waals surface area contributed by atoms with Crippen molar-refractivity contribution in [1.29, 1.82) is 0 Å². The maximum absolute atomic E-state index is 13.6. The highest BCUT2D eigenvalue weighted by atomic mass is 32.2. The summed E-state index contributed by atoms with van der Waals surface area (Å²) in [7, 11) is -3.60. The Kier molecular flexibility index (Phi) is 7.48. The number of para-hydroxylation sites is 1. The molecule has 0 radical (unpaired) electrons. The van der Waals surface area contributed by atoms with E-state index in [0.29, 0.717) is 23.0 Å². The maximum atomic E-state index is 13.6. The van der Waals surface area contributed by atoms with Crippen LogP contribution in [0, 0.1) is 6.92 Å². The van der Waals surface area contributed by atoms with E-state index in [1.807, 2.05) is 0 Å². The number of aryl methyl sites for hydroxylation is 1. The molecule has 5 N–H and O–H groups in total. The number of amides is 1. The van der Waals surface area contributed by atoms with Gasteiger partial charge in [0.25, 0.3) is 0 Å². The summed E-state index contributed by atoms with van der Waals surface area (Å²) in [5, 5.41) is 5.42. The van der Waals surface area contributed by atoms with Gasteiger partial charge >= 0.3 is 6.18 Å². The molecule has 0 fully saturated rings. The molecular weight excluding hydrogens is 485 g/mol. The number of carbonyl (C=O) groups excluding carboxylic acids is 1. The number of alkyl halides is 3. The first kappa shape index (κ1) is 25.7. The Balaban J connectivity index is 1.90. The van der Waals surface area contributed by atoms with Crippen molar-refractivity contribution in [3.8, 4) is 0 Å². The topological polar surface area (TPSA) is 139 Å². The van der Waals surface area contributed by atoms with Crippen molar-refractivity contribution in [2.24, 2.45) is 5.73 Å². The molecule has 0 unspecified atom stereocenters. The second kappa shape index (κ2) is 10.2. The molecule has 0 bridgehead atoms. The number of hydrogen-bond acceptors (Lipinski definition) is 7. The van der Waals surface area contributed by atoms with Gasteiger partial charge in [-0.15, -0.1) is 0 Å². The van der Waals surface area contributed by atoms with Gasteiger partial charge in [0, 0.05) is 24.0 Å². The summed E-state index contributed by atoms with van der Waals surface area (Å²) in [5.41, 5.74) is 6.14. The number of aromatic nitrogens is 2. The van der Waals surface area contributed by atoms with Gasteiger partial charge in [-0.1, -0.05) is 18.2 Å². The average molecular weight is 509 g/mol. The van der Waals surface area contributed by atoms with Crippen LogP contribution in [0.5, 0.6) is 0 Å². The smallest absolute Gasteiger partial charge is 0.366 e. The molecule has 9 nitrogen and oxygen atoms in total. The predicted octanol–water partition coefficient (Wildman–Crippen LogP) is 4.02. The van der Waals surface area contributed by atoms with Crippen LogP contribution in [0.1, 0.15) is 34.0 Å². The second-order valence-electron chi connectivity index (χ2n) is 7.49. The Morgan fingerprint density at radius 2 is 1.80 bits per heavy atom. The van der Waals surface area contributed by atoms with Crippen LogP contribution in [0.4, 0.5) is 36.3 Å². The fourth-order valence-corrected chi connectivity index (χ4v) is 3.81. The van der Waals surface area contributed by atoms with Crippen LogP contribution in [0.25, 0.3) is 0 Å². The molecule has 3 aromatic rings. The molecule has 1 amide bonds. The van der Waals surface area contributed by atoms with Gasteiger partial charge in [0.15, 0.2) is 0 Å². The molecule has 0 saturated carbocycles. The van der Waals surface area contributed by atoms with Crippen molar-refractivity contribution in [3.63, 3.8) is 0 Å². The molecule has 186 valence electrons. The second-order valence-corrected chi connectivity index (χ2v) is 9.50. The van der Waals surface area contributed by atoms with Gasteiger partial charge in [-0.25, -0.2) is 13.4 Å². The zero-order valence-electron chi connectivity index (χ0n) is 18.8. The van der Waals surface area contributed by atoms with Gasteiger partial charge in [-0.3, -0.25) is 9.52 Å². The SMILES string of the molecule is CCS(=O)(=O)Nc1c(C)cccc1CNc1nc(Nc2ccc(C(N)=O)cc2)ncc1C(F)(F)F. The molecule has 1 aromatic heterocycles. The number of hydrogen-bond donors (Lipinski definition) is 4. The largest absolute Gasteiger partial charge is 0.421 e. The fourth-order valence-electron chi connectivity index (χ4n) is 3.06. The van der Waals surface area contributed by atoms with Crippen LogP contribution < -0.4 is 21.1 Å². The normalized spacial score (nSPS) is 11.7. The molecule has 13 heteroatoms. The number of anilines is 4. The number of nitrogens with one attached hydrogen (secondary N) is 3. The van der Waals surface area contributed by atoms with E-state index in [4.69, 9.17) is 5.73 Å². The molecule has 0 aliphatic heterocycles. The first-order chi connectivity index (χ1) is 16.4. The van der Waals surface area contributed by atoms with Gasteiger partial charge in [0.05, 0.1) is 11.4 Å². The molecule has 3 rings (SSSR count). The molecular formula is C22H23F3N6O3S. The summed E-state index contributed by atoms with van der Waals surface area (Å²) in [6.45, 7) is 3.02. The number of halogens is 3. The molecule has 0 spiro atoms. The highest BCUT2D eigenvalue weighted by Gasteiger charge is 2.35. The molecule has 2 aromatic carbocycles. The fraction of sp³-hybridized carbons (Fsp3) is 0.227. The third kappa shape index (κ3) is 6.59. The minimum absolute atomic E-state index is 0.122. The van der Waals surface area contributed by atoms with Gasteiger partial charge < -0.3 is 16.4 Å². The van der Waals surface area contributed by atoms with E-state index in [-0.39, 0.29) is 29.5 Å². The van der Waals surface area contributed by atoms with Gasteiger partial charge in [0.2, 0.25) is 21.9 Å². The summed E-state index contributed by atoms with van der Waals surface area (Å²) in [5.74, 6) is -1.39. The molecule has 35 heavy (non-hydrogen) atoms. The summed E-state index contributed by atoms with van der Waals surface area (Å²) >= 11 is 0. The summed E-state index contributed by atoms with van der Waals surface area (Å²) in [6, 6.07) is 10.9. The van der Waals surface area contributed by atoms with Crippen LogP contribution >= 0.6 is 0 Å². The molecule has 0 atom stereocenters. The van der Waals surface area contributed by atoms with Crippen molar-refractivity contribution in [1.82, 2.24) is 9.97 Å². The van der Waals surface area contributed by atoms with E-state index in [0.717, 1.165) is 0 Å². The number of carbonyl (C=O) groups is 1. The molecule has 0 saturated heterocycles. The lowest BCUT2D eigenvalue weighted by atomic mass is 10.1. The highest BCUT2D eigenvalue weighted by Crippen LogP contribution is 2.34. The summed E-state index contributed by atoms with van der Waals surface area (Å²) in [4.78, 5) is 18.9. The van der Waals surface area contributed by atoms with Gasteiger partial charge in [-0.05, 0) is 49.2 Å². The third-order valence-corrected chi connectivity index (χ3v) is 6.24. The monoisotopic (exact) mass is 508 g/mol. The van der Waals surface area contributed by atoms with Crippen LogP contribution in [-0.2, 0) is 22.7 Å². The van der Waals surface area contributed by atoms with Gasteiger partial charge in [-0.2, -0.15) is 18.2 Å². The van der Waals surface area contributed by atoms with Crippen molar-refractivity contribution >= 4 is 39.1 Å². The van der Waals surface area contributed by atoms with E-state index in [1.165, 1.54) is 31.2 Å². The van der Waals surface area contributed by atoms with Crippen molar-refractivity contribution < 1.29 is 26.4 Å². The number of nitrogens with two attached hydrogens (primary N) is 1. The zero-order valence-corrected chi connectivity index (χ0v) is 19.6. The third-order valence-electron chi connectivity index (χ3n) is 4.96. The van der Waals surface area contributed by atoms with Crippen LogP contribution in [0.2, 0.25) is 0 Å². The van der Waals surface area contributed by atoms with Crippen LogP contribution in [0.3, 0.4) is 0 Å². The average Bonchev–Trinajstić information content (AvgIpc) is 2.79. The lowest BCUT2D eigenvalue weighted by Gasteiger charge is -2.18. The van der Waals surface area contributed by atoms with E-state index in [2.05, 4.69) is 25.3 Å². The number of rotatable bonds is 9. The van der Waals surface area contributed by atoms with Crippen molar-refractivity contribution in [3.05, 3.63) is 70.9 Å². The van der Waals surface area contributed by atoms with E-state index in [1.54, 1.807) is 25.1 Å². The van der Waals surface area contributed by atoms with E-state index >= 15 is 0 Å². The Morgan fingerprint density at radius 1 is 1.11 bits per heavy atom. The zero-order chi connectivity index (χ0) is 25.8. The molecule has 0 aliphatic rings. The Labute approximate surface area is 200 Å². The lowest BCUT2D eigenvalue weighted by molar-refractivity contribution is -0.137.